The second-order valence-corrected chi connectivity index (χ2v) is 8.45. The number of ether oxygens (including phenoxy) is 2. The molecule has 4 aromatic carbocycles. The number of hydrogen-bond acceptors (Lipinski definition) is 2. The van der Waals surface area contributed by atoms with Gasteiger partial charge >= 0.3 is 0 Å². The van der Waals surface area contributed by atoms with Crippen molar-refractivity contribution in [2.75, 3.05) is 13.2 Å². The predicted molar refractivity (Wildman–Crippen MR) is 145 cm³/mol. The van der Waals surface area contributed by atoms with E-state index in [1.807, 2.05) is 26.0 Å². The highest BCUT2D eigenvalue weighted by Crippen LogP contribution is 2.58. The molecule has 1 aliphatic rings. The molecule has 2 nitrogen and oxygen atoms in total. The number of benzene rings is 4. The van der Waals surface area contributed by atoms with Gasteiger partial charge in [-0.3, -0.25) is 0 Å². The van der Waals surface area contributed by atoms with Crippen LogP contribution >= 0.6 is 0 Å². The van der Waals surface area contributed by atoms with E-state index in [9.17, 15) is 0 Å². The highest BCUT2D eigenvalue weighted by atomic mass is 16.7. The molecule has 0 aromatic heterocycles. The van der Waals surface area contributed by atoms with Crippen molar-refractivity contribution >= 4 is 22.3 Å². The zero-order valence-corrected chi connectivity index (χ0v) is 20.3. The summed E-state index contributed by atoms with van der Waals surface area (Å²) < 4.78 is 13.5. The van der Waals surface area contributed by atoms with Gasteiger partial charge in [0.1, 0.15) is 0 Å². The molecule has 1 aliphatic carbocycles. The molecule has 0 spiro atoms. The minimum Gasteiger partial charge on any atom is -0.342 e. The van der Waals surface area contributed by atoms with Gasteiger partial charge < -0.3 is 9.47 Å². The highest BCUT2D eigenvalue weighted by molar-refractivity contribution is 6.30. The largest absolute Gasteiger partial charge is 0.342 e. The fourth-order valence-corrected chi connectivity index (χ4v) is 5.11. The van der Waals surface area contributed by atoms with Crippen LogP contribution in [0.25, 0.3) is 22.3 Å². The maximum absolute atomic E-state index is 6.73. The summed E-state index contributed by atoms with van der Waals surface area (Å²) in [6.07, 6.45) is 0. The van der Waals surface area contributed by atoms with E-state index in [4.69, 9.17) is 9.47 Å². The molecule has 35 heavy (non-hydrogen) atoms. The van der Waals surface area contributed by atoms with E-state index in [0.717, 1.165) is 44.5 Å². The van der Waals surface area contributed by atoms with Crippen molar-refractivity contribution in [3.63, 3.8) is 0 Å². The summed E-state index contributed by atoms with van der Waals surface area (Å²) in [6.45, 7) is 5.09. The van der Waals surface area contributed by atoms with Crippen LogP contribution in [0, 0.1) is 0 Å². The lowest BCUT2D eigenvalue weighted by Gasteiger charge is -2.35. The van der Waals surface area contributed by atoms with E-state index in [0.29, 0.717) is 13.2 Å². The van der Waals surface area contributed by atoms with E-state index in [-0.39, 0.29) is 0 Å². The van der Waals surface area contributed by atoms with Crippen LogP contribution in [-0.2, 0) is 9.47 Å². The van der Waals surface area contributed by atoms with Gasteiger partial charge in [0.2, 0.25) is 5.79 Å². The van der Waals surface area contributed by atoms with Crippen LogP contribution in [0.5, 0.6) is 0 Å². The second kappa shape index (κ2) is 10.3. The van der Waals surface area contributed by atoms with Gasteiger partial charge in [0.05, 0.1) is 0 Å². The first-order valence-electron chi connectivity index (χ1n) is 12.3. The molecule has 0 unspecified atom stereocenters. The number of hydrogen-bond donors (Lipinski definition) is 0. The fourth-order valence-electron chi connectivity index (χ4n) is 5.11. The Bertz CT molecular complexity index is 1210. The van der Waals surface area contributed by atoms with Gasteiger partial charge in [-0.05, 0) is 47.2 Å². The van der Waals surface area contributed by atoms with Crippen molar-refractivity contribution < 1.29 is 9.47 Å². The summed E-state index contributed by atoms with van der Waals surface area (Å²) in [5, 5.41) is 0. The summed E-state index contributed by atoms with van der Waals surface area (Å²) in [5.74, 6) is -1.05. The third-order valence-corrected chi connectivity index (χ3v) is 6.35. The summed E-state index contributed by atoms with van der Waals surface area (Å²) in [5.41, 5.74) is 8.84. The normalized spacial score (nSPS) is 15.0. The maximum atomic E-state index is 6.73. The van der Waals surface area contributed by atoms with E-state index >= 15 is 0 Å². The van der Waals surface area contributed by atoms with Crippen LogP contribution in [0.3, 0.4) is 0 Å². The first-order chi connectivity index (χ1) is 17.3. The van der Waals surface area contributed by atoms with Gasteiger partial charge in [-0.15, -0.1) is 0 Å². The minimum absolute atomic E-state index is 0.511. The quantitative estimate of drug-likeness (QED) is 0.249. The molecule has 0 saturated carbocycles. The Morgan fingerprint density at radius 3 is 1.00 bits per heavy atom. The Hall–Kier alpha value is -3.72. The lowest BCUT2D eigenvalue weighted by atomic mass is 9.89. The van der Waals surface area contributed by atoms with Crippen molar-refractivity contribution in [3.8, 4) is 0 Å². The van der Waals surface area contributed by atoms with Crippen LogP contribution in [-0.4, -0.2) is 19.0 Å². The molecule has 4 aromatic rings. The first kappa shape index (κ1) is 23.0. The third-order valence-electron chi connectivity index (χ3n) is 6.35. The molecular weight excluding hydrogens is 428 g/mol. The second-order valence-electron chi connectivity index (χ2n) is 8.45. The predicted octanol–water partition coefficient (Wildman–Crippen LogP) is 7.99. The highest BCUT2D eigenvalue weighted by Gasteiger charge is 2.50. The van der Waals surface area contributed by atoms with E-state index in [1.54, 1.807) is 0 Å². The molecule has 5 rings (SSSR count). The lowest BCUT2D eigenvalue weighted by Crippen LogP contribution is -2.37. The number of allylic oxidation sites excluding steroid dienone is 2. The molecule has 0 aliphatic heterocycles. The first-order valence-corrected chi connectivity index (χ1v) is 12.3. The van der Waals surface area contributed by atoms with Gasteiger partial charge in [-0.2, -0.15) is 0 Å². The molecular formula is C33H30O2. The summed E-state index contributed by atoms with van der Waals surface area (Å²) in [6, 6.07) is 42.2. The van der Waals surface area contributed by atoms with Crippen molar-refractivity contribution in [1.82, 2.24) is 0 Å². The van der Waals surface area contributed by atoms with Crippen LogP contribution in [0.4, 0.5) is 0 Å². The SMILES string of the molecule is CCOC1(OCC)C(c2ccccc2)=C(c2ccccc2)C(c2ccccc2)=C1c1ccccc1. The van der Waals surface area contributed by atoms with Crippen LogP contribution in [0.15, 0.2) is 121 Å². The van der Waals surface area contributed by atoms with Crippen molar-refractivity contribution in [2.45, 2.75) is 19.6 Å². The summed E-state index contributed by atoms with van der Waals surface area (Å²) >= 11 is 0. The van der Waals surface area contributed by atoms with Crippen molar-refractivity contribution in [3.05, 3.63) is 144 Å². The van der Waals surface area contributed by atoms with Crippen molar-refractivity contribution in [2.24, 2.45) is 0 Å². The van der Waals surface area contributed by atoms with Gasteiger partial charge in [0, 0.05) is 24.4 Å². The van der Waals surface area contributed by atoms with E-state index < -0.39 is 5.79 Å². The molecule has 0 radical (unpaired) electrons. The molecule has 0 heterocycles. The standard InChI is InChI=1S/C33H30O2/c1-3-34-33(35-4-2)31(27-21-13-7-14-22-27)29(25-17-9-5-10-18-25)30(26-19-11-6-12-20-26)32(33)28-23-15-8-16-24-28/h5-24H,3-4H2,1-2H3. The van der Waals surface area contributed by atoms with Crippen molar-refractivity contribution in [1.29, 1.82) is 0 Å². The Balaban J connectivity index is 1.98. The Labute approximate surface area is 208 Å². The van der Waals surface area contributed by atoms with E-state index in [1.165, 1.54) is 0 Å². The Morgan fingerprint density at radius 2 is 0.714 bits per heavy atom. The van der Waals surface area contributed by atoms with Gasteiger partial charge in [-0.25, -0.2) is 0 Å². The van der Waals surface area contributed by atoms with Gasteiger partial charge in [0.15, 0.2) is 0 Å². The monoisotopic (exact) mass is 458 g/mol. The molecule has 0 fully saturated rings. The molecule has 2 heteroatoms. The zero-order valence-electron chi connectivity index (χ0n) is 20.3. The summed E-state index contributed by atoms with van der Waals surface area (Å²) in [7, 11) is 0. The Kier molecular flexibility index (Phi) is 6.76. The van der Waals surface area contributed by atoms with Gasteiger partial charge in [0.25, 0.3) is 0 Å². The Morgan fingerprint density at radius 1 is 0.429 bits per heavy atom. The van der Waals surface area contributed by atoms with E-state index in [2.05, 4.69) is 109 Å². The zero-order chi connectivity index (χ0) is 24.1. The van der Waals surface area contributed by atoms with Crippen LogP contribution < -0.4 is 0 Å². The molecule has 0 bridgehead atoms. The number of rotatable bonds is 8. The molecule has 0 N–H and O–H groups in total. The smallest absolute Gasteiger partial charge is 0.224 e. The average molecular weight is 459 g/mol. The average Bonchev–Trinajstić information content (AvgIpc) is 3.21. The molecule has 0 saturated heterocycles. The maximum Gasteiger partial charge on any atom is 0.224 e. The fraction of sp³-hybridized carbons (Fsp3) is 0.152. The molecule has 174 valence electrons. The van der Waals surface area contributed by atoms with Crippen LogP contribution in [0.1, 0.15) is 36.1 Å². The van der Waals surface area contributed by atoms with Gasteiger partial charge in [-0.1, -0.05) is 121 Å². The minimum atomic E-state index is -1.05. The summed E-state index contributed by atoms with van der Waals surface area (Å²) in [4.78, 5) is 0. The molecule has 0 atom stereocenters. The van der Waals surface area contributed by atoms with Crippen LogP contribution in [0.2, 0.25) is 0 Å². The third kappa shape index (κ3) is 4.16. The molecule has 0 amide bonds. The lowest BCUT2D eigenvalue weighted by molar-refractivity contribution is -0.148. The topological polar surface area (TPSA) is 18.5 Å².